The predicted molar refractivity (Wildman–Crippen MR) is 80.9 cm³/mol. The van der Waals surface area contributed by atoms with Gasteiger partial charge < -0.3 is 5.32 Å². The summed E-state index contributed by atoms with van der Waals surface area (Å²) in [5.74, 6) is 0.104. The minimum absolute atomic E-state index is 0.104. The summed E-state index contributed by atoms with van der Waals surface area (Å²) in [6.07, 6.45) is 8.04. The van der Waals surface area contributed by atoms with Gasteiger partial charge in [0.05, 0.1) is 0 Å². The van der Waals surface area contributed by atoms with Crippen LogP contribution in [0.2, 0.25) is 0 Å². The van der Waals surface area contributed by atoms with Crippen molar-refractivity contribution in [3.8, 4) is 0 Å². The zero-order chi connectivity index (χ0) is 13.2. The quantitative estimate of drug-likeness (QED) is 0.828. The van der Waals surface area contributed by atoms with Crippen molar-refractivity contribution >= 4 is 21.8 Å². The van der Waals surface area contributed by atoms with E-state index in [0.717, 1.165) is 37.7 Å². The number of carbonyl (C=O) groups is 1. The number of fused-ring (bicyclic) bond motifs is 1. The fourth-order valence-corrected chi connectivity index (χ4v) is 3.71. The maximum Gasteiger partial charge on any atom is 0.251 e. The third kappa shape index (κ3) is 3.02. The van der Waals surface area contributed by atoms with Gasteiger partial charge in [0.2, 0.25) is 0 Å². The number of benzene rings is 1. The van der Waals surface area contributed by atoms with E-state index in [1.54, 1.807) is 0 Å². The molecule has 1 amide bonds. The third-order valence-corrected chi connectivity index (χ3v) is 5.27. The summed E-state index contributed by atoms with van der Waals surface area (Å²) < 4.78 is 0. The van der Waals surface area contributed by atoms with Crippen LogP contribution in [-0.4, -0.2) is 16.8 Å². The molecule has 1 saturated carbocycles. The second-order valence-corrected chi connectivity index (χ2v) is 7.05. The van der Waals surface area contributed by atoms with E-state index >= 15 is 0 Å². The van der Waals surface area contributed by atoms with E-state index in [-0.39, 0.29) is 5.91 Å². The molecule has 0 aliphatic heterocycles. The van der Waals surface area contributed by atoms with Crippen LogP contribution in [0, 0.1) is 0 Å². The van der Waals surface area contributed by atoms with Crippen LogP contribution in [-0.2, 0) is 12.8 Å². The van der Waals surface area contributed by atoms with Crippen molar-refractivity contribution in [2.24, 2.45) is 0 Å². The topological polar surface area (TPSA) is 29.1 Å². The van der Waals surface area contributed by atoms with Crippen LogP contribution in [0.15, 0.2) is 18.2 Å². The van der Waals surface area contributed by atoms with E-state index in [4.69, 9.17) is 0 Å². The van der Waals surface area contributed by atoms with Crippen molar-refractivity contribution in [3.63, 3.8) is 0 Å². The highest BCUT2D eigenvalue weighted by molar-refractivity contribution is 9.09. The highest BCUT2D eigenvalue weighted by Gasteiger charge is 2.21. The second-order valence-electron chi connectivity index (χ2n) is 5.76. The largest absolute Gasteiger partial charge is 0.349 e. The van der Waals surface area contributed by atoms with Crippen LogP contribution in [0.3, 0.4) is 0 Å². The minimum Gasteiger partial charge on any atom is -0.349 e. The van der Waals surface area contributed by atoms with Crippen LogP contribution in [0.1, 0.15) is 53.6 Å². The van der Waals surface area contributed by atoms with Crippen molar-refractivity contribution in [2.75, 3.05) is 0 Å². The van der Waals surface area contributed by atoms with E-state index in [1.165, 1.54) is 24.0 Å². The number of rotatable bonds is 2. The third-order valence-electron chi connectivity index (χ3n) is 4.35. The molecule has 0 atom stereocenters. The lowest BCUT2D eigenvalue weighted by atomic mass is 9.95. The number of alkyl halides is 1. The van der Waals surface area contributed by atoms with Crippen LogP contribution in [0.5, 0.6) is 0 Å². The Morgan fingerprint density at radius 2 is 1.84 bits per heavy atom. The molecule has 1 aromatic carbocycles. The Kier molecular flexibility index (Phi) is 3.92. The Morgan fingerprint density at radius 3 is 2.63 bits per heavy atom. The molecular weight excluding hydrogens is 302 g/mol. The first-order chi connectivity index (χ1) is 9.22. The molecule has 3 heteroatoms. The summed E-state index contributed by atoms with van der Waals surface area (Å²) in [4.78, 5) is 12.9. The minimum atomic E-state index is 0.104. The summed E-state index contributed by atoms with van der Waals surface area (Å²) in [5.41, 5.74) is 3.63. The predicted octanol–water partition coefficient (Wildman–Crippen LogP) is 3.61. The molecule has 2 aliphatic carbocycles. The van der Waals surface area contributed by atoms with E-state index in [2.05, 4.69) is 33.4 Å². The smallest absolute Gasteiger partial charge is 0.251 e. The lowest BCUT2D eigenvalue weighted by Gasteiger charge is -2.26. The van der Waals surface area contributed by atoms with Crippen LogP contribution < -0.4 is 5.32 Å². The van der Waals surface area contributed by atoms with E-state index < -0.39 is 0 Å². The molecule has 0 spiro atoms. The van der Waals surface area contributed by atoms with Gasteiger partial charge in [-0.05, 0) is 68.2 Å². The van der Waals surface area contributed by atoms with Gasteiger partial charge in [0.25, 0.3) is 5.91 Å². The molecule has 0 saturated heterocycles. The molecule has 0 radical (unpaired) electrons. The summed E-state index contributed by atoms with van der Waals surface area (Å²) >= 11 is 3.65. The zero-order valence-corrected chi connectivity index (χ0v) is 12.7. The molecule has 19 heavy (non-hydrogen) atoms. The van der Waals surface area contributed by atoms with E-state index in [1.807, 2.05) is 6.07 Å². The number of hydrogen-bond donors (Lipinski definition) is 1. The van der Waals surface area contributed by atoms with Gasteiger partial charge in [-0.2, -0.15) is 0 Å². The lowest BCUT2D eigenvalue weighted by Crippen LogP contribution is -2.37. The maximum absolute atomic E-state index is 12.3. The van der Waals surface area contributed by atoms with E-state index in [9.17, 15) is 4.79 Å². The zero-order valence-electron chi connectivity index (χ0n) is 11.1. The van der Waals surface area contributed by atoms with Crippen LogP contribution >= 0.6 is 15.9 Å². The SMILES string of the molecule is O=C(NC1CCC(Br)CC1)c1ccc2c(c1)CCC2. The van der Waals surface area contributed by atoms with Gasteiger partial charge in [0.1, 0.15) is 0 Å². The van der Waals surface area contributed by atoms with Gasteiger partial charge in [0.15, 0.2) is 0 Å². The van der Waals surface area contributed by atoms with Gasteiger partial charge in [-0.15, -0.1) is 0 Å². The number of hydrogen-bond acceptors (Lipinski definition) is 1. The molecule has 0 heterocycles. The molecular formula is C16H20BrNO. The number of nitrogens with one attached hydrogen (secondary N) is 1. The molecule has 0 aromatic heterocycles. The van der Waals surface area contributed by atoms with Crippen molar-refractivity contribution in [1.82, 2.24) is 5.32 Å². The first-order valence-corrected chi connectivity index (χ1v) is 8.20. The first kappa shape index (κ1) is 13.2. The van der Waals surface area contributed by atoms with Crippen molar-refractivity contribution < 1.29 is 4.79 Å². The molecule has 3 rings (SSSR count). The highest BCUT2D eigenvalue weighted by atomic mass is 79.9. The molecule has 1 fully saturated rings. The van der Waals surface area contributed by atoms with Crippen LogP contribution in [0.25, 0.3) is 0 Å². The Balaban J connectivity index is 1.64. The molecule has 1 N–H and O–H groups in total. The number of carbonyl (C=O) groups excluding carboxylic acids is 1. The van der Waals surface area contributed by atoms with Gasteiger partial charge in [-0.1, -0.05) is 22.0 Å². The highest BCUT2D eigenvalue weighted by Crippen LogP contribution is 2.25. The number of amides is 1. The summed E-state index contributed by atoms with van der Waals surface area (Å²) in [7, 11) is 0. The fraction of sp³-hybridized carbons (Fsp3) is 0.562. The molecule has 102 valence electrons. The van der Waals surface area contributed by atoms with E-state index in [0.29, 0.717) is 10.9 Å². The monoisotopic (exact) mass is 321 g/mol. The summed E-state index contributed by atoms with van der Waals surface area (Å²) in [5, 5.41) is 3.19. The summed E-state index contributed by atoms with van der Waals surface area (Å²) in [6, 6.07) is 6.56. The van der Waals surface area contributed by atoms with Gasteiger partial charge in [-0.25, -0.2) is 0 Å². The van der Waals surface area contributed by atoms with Crippen molar-refractivity contribution in [3.05, 3.63) is 34.9 Å². The first-order valence-electron chi connectivity index (χ1n) is 7.29. The second kappa shape index (κ2) is 5.66. The summed E-state index contributed by atoms with van der Waals surface area (Å²) in [6.45, 7) is 0. The lowest BCUT2D eigenvalue weighted by molar-refractivity contribution is 0.0928. The normalized spacial score (nSPS) is 25.9. The van der Waals surface area contributed by atoms with Gasteiger partial charge >= 0.3 is 0 Å². The van der Waals surface area contributed by atoms with Crippen molar-refractivity contribution in [2.45, 2.75) is 55.8 Å². The Hall–Kier alpha value is -0.830. The average molecular weight is 322 g/mol. The molecule has 0 bridgehead atoms. The average Bonchev–Trinajstić information content (AvgIpc) is 2.88. The molecule has 0 unspecified atom stereocenters. The maximum atomic E-state index is 12.3. The van der Waals surface area contributed by atoms with Gasteiger partial charge in [-0.3, -0.25) is 4.79 Å². The number of halogens is 1. The fourth-order valence-electron chi connectivity index (χ4n) is 3.18. The molecule has 2 aliphatic rings. The number of aryl methyl sites for hydroxylation is 2. The van der Waals surface area contributed by atoms with Crippen LogP contribution in [0.4, 0.5) is 0 Å². The Bertz CT molecular complexity index is 478. The Labute approximate surface area is 123 Å². The standard InChI is InChI=1S/C16H20BrNO/c17-14-6-8-15(9-7-14)18-16(19)13-5-4-11-2-1-3-12(11)10-13/h4-5,10,14-15H,1-3,6-9H2,(H,18,19). The molecule has 2 nitrogen and oxygen atoms in total. The Morgan fingerprint density at radius 1 is 1.11 bits per heavy atom. The van der Waals surface area contributed by atoms with Crippen molar-refractivity contribution in [1.29, 1.82) is 0 Å². The molecule has 1 aromatic rings. The van der Waals surface area contributed by atoms with Gasteiger partial charge in [0, 0.05) is 16.4 Å².